The molecule has 0 unspecified atom stereocenters. The van der Waals surface area contributed by atoms with Crippen molar-refractivity contribution >= 4 is 5.78 Å². The SMILES string of the molecule is N#CC1(C(=O)c2cccnc2)CC1. The lowest BCUT2D eigenvalue weighted by Crippen LogP contribution is -2.13. The van der Waals surface area contributed by atoms with Crippen molar-refractivity contribution in [3.63, 3.8) is 0 Å². The maximum absolute atomic E-state index is 11.7. The fourth-order valence-corrected chi connectivity index (χ4v) is 1.29. The van der Waals surface area contributed by atoms with Crippen LogP contribution in [-0.4, -0.2) is 10.8 Å². The van der Waals surface area contributed by atoms with Crippen LogP contribution < -0.4 is 0 Å². The fraction of sp³-hybridized carbons (Fsp3) is 0.300. The van der Waals surface area contributed by atoms with Crippen molar-refractivity contribution < 1.29 is 4.79 Å². The van der Waals surface area contributed by atoms with E-state index in [-0.39, 0.29) is 5.78 Å². The first-order chi connectivity index (χ1) is 6.28. The van der Waals surface area contributed by atoms with Crippen LogP contribution in [0.5, 0.6) is 0 Å². The first-order valence-electron chi connectivity index (χ1n) is 4.15. The Morgan fingerprint density at radius 1 is 1.62 bits per heavy atom. The summed E-state index contributed by atoms with van der Waals surface area (Å²) in [4.78, 5) is 15.5. The largest absolute Gasteiger partial charge is 0.292 e. The highest BCUT2D eigenvalue weighted by Crippen LogP contribution is 2.47. The highest BCUT2D eigenvalue weighted by atomic mass is 16.1. The van der Waals surface area contributed by atoms with E-state index in [4.69, 9.17) is 5.26 Å². The molecule has 0 N–H and O–H groups in total. The van der Waals surface area contributed by atoms with Crippen LogP contribution in [0.1, 0.15) is 23.2 Å². The molecule has 1 saturated carbocycles. The molecule has 13 heavy (non-hydrogen) atoms. The van der Waals surface area contributed by atoms with E-state index >= 15 is 0 Å². The van der Waals surface area contributed by atoms with E-state index in [1.165, 1.54) is 6.20 Å². The van der Waals surface area contributed by atoms with Gasteiger partial charge in [0.15, 0.2) is 5.78 Å². The van der Waals surface area contributed by atoms with Crippen LogP contribution in [0.4, 0.5) is 0 Å². The molecule has 1 aromatic heterocycles. The predicted molar refractivity (Wildman–Crippen MR) is 45.8 cm³/mol. The topological polar surface area (TPSA) is 53.8 Å². The monoisotopic (exact) mass is 172 g/mol. The molecule has 3 nitrogen and oxygen atoms in total. The minimum Gasteiger partial charge on any atom is -0.292 e. The number of aromatic nitrogens is 1. The number of rotatable bonds is 2. The number of nitriles is 1. The summed E-state index contributed by atoms with van der Waals surface area (Å²) in [5.41, 5.74) is -0.176. The summed E-state index contributed by atoms with van der Waals surface area (Å²) in [5.74, 6) is -0.0805. The summed E-state index contributed by atoms with van der Waals surface area (Å²) >= 11 is 0. The second-order valence-corrected chi connectivity index (χ2v) is 3.26. The number of nitrogens with zero attached hydrogens (tertiary/aromatic N) is 2. The van der Waals surface area contributed by atoms with Crippen LogP contribution in [0.3, 0.4) is 0 Å². The number of hydrogen-bond acceptors (Lipinski definition) is 3. The van der Waals surface area contributed by atoms with Gasteiger partial charge < -0.3 is 0 Å². The Hall–Kier alpha value is -1.69. The van der Waals surface area contributed by atoms with Crippen LogP contribution in [0, 0.1) is 16.7 Å². The molecular weight excluding hydrogens is 164 g/mol. The molecule has 0 aromatic carbocycles. The number of carbonyl (C=O) groups is 1. The Morgan fingerprint density at radius 3 is 2.85 bits per heavy atom. The molecule has 3 heteroatoms. The molecule has 1 heterocycles. The van der Waals surface area contributed by atoms with Crippen molar-refractivity contribution in [1.82, 2.24) is 4.98 Å². The highest BCUT2D eigenvalue weighted by Gasteiger charge is 2.50. The molecule has 1 aliphatic carbocycles. The second-order valence-electron chi connectivity index (χ2n) is 3.26. The Morgan fingerprint density at radius 2 is 2.38 bits per heavy atom. The van der Waals surface area contributed by atoms with Gasteiger partial charge in [0.05, 0.1) is 6.07 Å². The maximum Gasteiger partial charge on any atom is 0.184 e. The van der Waals surface area contributed by atoms with Crippen LogP contribution in [0.15, 0.2) is 24.5 Å². The number of Topliss-reactive ketones (excluding diaryl/α,β-unsaturated/α-hetero) is 1. The zero-order valence-electron chi connectivity index (χ0n) is 7.03. The number of ketones is 1. The van der Waals surface area contributed by atoms with Gasteiger partial charge in [0.1, 0.15) is 5.41 Å². The van der Waals surface area contributed by atoms with E-state index in [9.17, 15) is 4.79 Å². The van der Waals surface area contributed by atoms with E-state index < -0.39 is 5.41 Å². The van der Waals surface area contributed by atoms with Gasteiger partial charge in [-0.1, -0.05) is 0 Å². The zero-order chi connectivity index (χ0) is 9.31. The third kappa shape index (κ3) is 1.20. The standard InChI is InChI=1S/C10H8N2O/c11-7-10(3-4-10)9(13)8-2-1-5-12-6-8/h1-2,5-6H,3-4H2. The molecule has 0 saturated heterocycles. The van der Waals surface area contributed by atoms with E-state index in [0.29, 0.717) is 18.4 Å². The molecule has 0 radical (unpaired) electrons. The van der Waals surface area contributed by atoms with Crippen LogP contribution in [0.25, 0.3) is 0 Å². The molecule has 0 aliphatic heterocycles. The molecular formula is C10H8N2O. The maximum atomic E-state index is 11.7. The van der Waals surface area contributed by atoms with Gasteiger partial charge in [0.2, 0.25) is 0 Å². The highest BCUT2D eigenvalue weighted by molar-refractivity contribution is 6.03. The molecule has 2 rings (SSSR count). The Bertz CT molecular complexity index is 374. The van der Waals surface area contributed by atoms with Gasteiger partial charge in [-0.2, -0.15) is 5.26 Å². The molecule has 0 bridgehead atoms. The van der Waals surface area contributed by atoms with Gasteiger partial charge in [0.25, 0.3) is 0 Å². The Labute approximate surface area is 76.0 Å². The van der Waals surface area contributed by atoms with E-state index in [1.54, 1.807) is 18.3 Å². The Balaban J connectivity index is 2.30. The van der Waals surface area contributed by atoms with Gasteiger partial charge in [-0.3, -0.25) is 9.78 Å². The van der Waals surface area contributed by atoms with Crippen molar-refractivity contribution in [2.45, 2.75) is 12.8 Å². The van der Waals surface area contributed by atoms with Crippen molar-refractivity contribution in [1.29, 1.82) is 5.26 Å². The first kappa shape index (κ1) is 7.93. The predicted octanol–water partition coefficient (Wildman–Crippen LogP) is 1.57. The van der Waals surface area contributed by atoms with E-state index in [2.05, 4.69) is 11.1 Å². The molecule has 0 amide bonds. The lowest BCUT2D eigenvalue weighted by molar-refractivity contribution is 0.0934. The van der Waals surface area contributed by atoms with Crippen LogP contribution in [0.2, 0.25) is 0 Å². The normalized spacial score (nSPS) is 17.5. The molecule has 64 valence electrons. The second kappa shape index (κ2) is 2.67. The van der Waals surface area contributed by atoms with Crippen LogP contribution in [-0.2, 0) is 0 Å². The van der Waals surface area contributed by atoms with Gasteiger partial charge in [-0.25, -0.2) is 0 Å². The summed E-state index contributed by atoms with van der Waals surface area (Å²) in [6.07, 6.45) is 4.51. The van der Waals surface area contributed by atoms with Gasteiger partial charge in [-0.05, 0) is 25.0 Å². The minimum absolute atomic E-state index is 0.0805. The van der Waals surface area contributed by atoms with Gasteiger partial charge >= 0.3 is 0 Å². The summed E-state index contributed by atoms with van der Waals surface area (Å²) in [6.45, 7) is 0. The molecule has 1 aliphatic rings. The zero-order valence-corrected chi connectivity index (χ0v) is 7.03. The number of hydrogen-bond donors (Lipinski definition) is 0. The minimum atomic E-state index is -0.719. The molecule has 0 spiro atoms. The van der Waals surface area contributed by atoms with Gasteiger partial charge in [0, 0.05) is 18.0 Å². The quantitative estimate of drug-likeness (QED) is 0.636. The molecule has 0 atom stereocenters. The third-order valence-corrected chi connectivity index (χ3v) is 2.32. The Kier molecular flexibility index (Phi) is 1.63. The summed E-state index contributed by atoms with van der Waals surface area (Å²) in [5, 5.41) is 8.80. The van der Waals surface area contributed by atoms with E-state index in [0.717, 1.165) is 0 Å². The molecule has 1 fully saturated rings. The lowest BCUT2D eigenvalue weighted by Gasteiger charge is -2.02. The summed E-state index contributed by atoms with van der Waals surface area (Å²) < 4.78 is 0. The summed E-state index contributed by atoms with van der Waals surface area (Å²) in [7, 11) is 0. The van der Waals surface area contributed by atoms with Gasteiger partial charge in [-0.15, -0.1) is 0 Å². The third-order valence-electron chi connectivity index (χ3n) is 2.32. The van der Waals surface area contributed by atoms with E-state index in [1.807, 2.05) is 0 Å². The summed E-state index contributed by atoms with van der Waals surface area (Å²) in [6, 6.07) is 5.48. The average molecular weight is 172 g/mol. The first-order valence-corrected chi connectivity index (χ1v) is 4.15. The number of carbonyl (C=O) groups excluding carboxylic acids is 1. The van der Waals surface area contributed by atoms with Crippen molar-refractivity contribution in [3.05, 3.63) is 30.1 Å². The molecule has 1 aromatic rings. The number of pyridine rings is 1. The fourth-order valence-electron chi connectivity index (χ4n) is 1.29. The van der Waals surface area contributed by atoms with Crippen LogP contribution >= 0.6 is 0 Å². The van der Waals surface area contributed by atoms with Crippen molar-refractivity contribution in [2.75, 3.05) is 0 Å². The lowest BCUT2D eigenvalue weighted by atomic mass is 9.98. The van der Waals surface area contributed by atoms with Crippen molar-refractivity contribution in [2.24, 2.45) is 5.41 Å². The smallest absolute Gasteiger partial charge is 0.184 e. The average Bonchev–Trinajstić information content (AvgIpc) is 2.99. The van der Waals surface area contributed by atoms with Crippen molar-refractivity contribution in [3.8, 4) is 6.07 Å².